The van der Waals surface area contributed by atoms with E-state index in [1.165, 1.54) is 0 Å². The molecule has 0 bridgehead atoms. The minimum atomic E-state index is 0.332. The number of anilines is 1. The molecule has 2 fully saturated rings. The number of nitrogens with zero attached hydrogens (tertiary/aromatic N) is 5. The van der Waals surface area contributed by atoms with Crippen LogP contribution in [0.3, 0.4) is 0 Å². The topological polar surface area (TPSA) is 68.4 Å². The van der Waals surface area contributed by atoms with Crippen LogP contribution in [0.25, 0.3) is 11.0 Å². The summed E-state index contributed by atoms with van der Waals surface area (Å²) in [5, 5.41) is 0. The van der Waals surface area contributed by atoms with E-state index in [2.05, 4.69) is 31.8 Å². The number of rotatable bonds is 3. The van der Waals surface area contributed by atoms with E-state index in [1.807, 2.05) is 17.2 Å². The quantitative estimate of drug-likeness (QED) is 0.912. The first-order valence-corrected chi connectivity index (χ1v) is 9.20. The Balaban J connectivity index is 1.32. The summed E-state index contributed by atoms with van der Waals surface area (Å²) in [6.07, 6.45) is 6.33. The lowest BCUT2D eigenvalue weighted by molar-refractivity contribution is -0.133. The molecule has 4 heterocycles. The molecule has 25 heavy (non-hydrogen) atoms. The summed E-state index contributed by atoms with van der Waals surface area (Å²) in [6.45, 7) is 5.62. The van der Waals surface area contributed by atoms with E-state index in [-0.39, 0.29) is 0 Å². The lowest BCUT2D eigenvalue weighted by Gasteiger charge is -2.35. The van der Waals surface area contributed by atoms with Crippen LogP contribution < -0.4 is 4.90 Å². The second-order valence-electron chi connectivity index (χ2n) is 7.25. The minimum absolute atomic E-state index is 0.332. The fraction of sp³-hybridized carbons (Fsp3) is 0.611. The smallest absolute Gasteiger partial charge is 0.222 e. The number of hydrogen-bond donors (Lipinski definition) is 1. The van der Waals surface area contributed by atoms with Gasteiger partial charge in [-0.25, -0.2) is 9.97 Å². The molecule has 0 radical (unpaired) electrons. The number of nitrogens with one attached hydrogen (secondary N) is 1. The number of likely N-dealkylation sites (N-methyl/N-ethyl adjacent to an activating group) is 1. The van der Waals surface area contributed by atoms with Crippen LogP contribution in [0.2, 0.25) is 0 Å². The van der Waals surface area contributed by atoms with E-state index in [1.54, 1.807) is 6.33 Å². The van der Waals surface area contributed by atoms with Gasteiger partial charge in [0.15, 0.2) is 5.82 Å². The van der Waals surface area contributed by atoms with Gasteiger partial charge in [0, 0.05) is 51.9 Å². The van der Waals surface area contributed by atoms with Crippen molar-refractivity contribution in [2.24, 2.45) is 5.92 Å². The summed E-state index contributed by atoms with van der Waals surface area (Å²) in [6, 6.07) is 1.95. The Bertz CT molecular complexity index is 728. The van der Waals surface area contributed by atoms with Gasteiger partial charge in [-0.15, -0.1) is 0 Å². The molecule has 2 aromatic heterocycles. The third kappa shape index (κ3) is 3.46. The molecule has 7 heteroatoms. The first-order valence-electron chi connectivity index (χ1n) is 9.20. The number of pyridine rings is 1. The zero-order chi connectivity index (χ0) is 17.2. The highest BCUT2D eigenvalue weighted by Gasteiger charge is 2.26. The molecule has 2 saturated heterocycles. The van der Waals surface area contributed by atoms with Crippen LogP contribution in [0.1, 0.15) is 19.3 Å². The van der Waals surface area contributed by atoms with Crippen LogP contribution in [0.4, 0.5) is 5.82 Å². The van der Waals surface area contributed by atoms with Gasteiger partial charge in [0.2, 0.25) is 5.91 Å². The number of aromatic amines is 1. The molecule has 1 amide bonds. The molecule has 0 saturated carbocycles. The lowest BCUT2D eigenvalue weighted by Crippen LogP contribution is -2.47. The largest absolute Gasteiger partial charge is 0.355 e. The number of carbonyl (C=O) groups is 1. The van der Waals surface area contributed by atoms with E-state index in [9.17, 15) is 4.79 Å². The maximum atomic E-state index is 12.5. The Kier molecular flexibility index (Phi) is 4.57. The molecule has 134 valence electrons. The molecular formula is C18H26N6O. The number of aromatic nitrogens is 3. The molecule has 2 aromatic rings. The Labute approximate surface area is 148 Å². The van der Waals surface area contributed by atoms with Gasteiger partial charge in [0.25, 0.3) is 0 Å². The van der Waals surface area contributed by atoms with E-state index >= 15 is 0 Å². The molecule has 2 aliphatic heterocycles. The second-order valence-corrected chi connectivity index (χ2v) is 7.25. The average Bonchev–Trinajstić information content (AvgIpc) is 3.12. The molecule has 0 spiro atoms. The third-order valence-electron chi connectivity index (χ3n) is 5.55. The minimum Gasteiger partial charge on any atom is -0.355 e. The van der Waals surface area contributed by atoms with Crippen molar-refractivity contribution in [2.45, 2.75) is 19.3 Å². The molecule has 0 atom stereocenters. The highest BCUT2D eigenvalue weighted by atomic mass is 16.2. The Morgan fingerprint density at radius 2 is 1.92 bits per heavy atom. The summed E-state index contributed by atoms with van der Waals surface area (Å²) in [7, 11) is 2.12. The highest BCUT2D eigenvalue weighted by molar-refractivity contribution is 5.85. The van der Waals surface area contributed by atoms with Gasteiger partial charge in [-0.3, -0.25) is 4.79 Å². The molecular weight excluding hydrogens is 316 g/mol. The number of carbonyl (C=O) groups excluding carboxylic acids is 1. The predicted molar refractivity (Wildman–Crippen MR) is 97.5 cm³/mol. The van der Waals surface area contributed by atoms with Gasteiger partial charge in [0.05, 0.1) is 11.8 Å². The van der Waals surface area contributed by atoms with Crippen molar-refractivity contribution in [2.75, 3.05) is 51.2 Å². The first kappa shape index (κ1) is 16.3. The molecule has 4 rings (SSSR count). The van der Waals surface area contributed by atoms with E-state index in [4.69, 9.17) is 0 Å². The number of fused-ring (bicyclic) bond motifs is 1. The zero-order valence-electron chi connectivity index (χ0n) is 14.8. The fourth-order valence-corrected chi connectivity index (χ4v) is 3.87. The van der Waals surface area contributed by atoms with Crippen LogP contribution in [0, 0.1) is 5.92 Å². The van der Waals surface area contributed by atoms with Crippen LogP contribution >= 0.6 is 0 Å². The highest BCUT2D eigenvalue weighted by Crippen LogP contribution is 2.28. The number of imidazole rings is 1. The van der Waals surface area contributed by atoms with E-state index < -0.39 is 0 Å². The van der Waals surface area contributed by atoms with Crippen molar-refractivity contribution in [3.8, 4) is 0 Å². The summed E-state index contributed by atoms with van der Waals surface area (Å²) < 4.78 is 0. The maximum Gasteiger partial charge on any atom is 0.222 e. The number of hydrogen-bond acceptors (Lipinski definition) is 5. The predicted octanol–water partition coefficient (Wildman–Crippen LogP) is 1.34. The van der Waals surface area contributed by atoms with Crippen molar-refractivity contribution in [3.63, 3.8) is 0 Å². The normalized spacial score (nSPS) is 20.4. The molecule has 0 aromatic carbocycles. The molecule has 7 nitrogen and oxygen atoms in total. The summed E-state index contributed by atoms with van der Waals surface area (Å²) in [4.78, 5) is 31.2. The van der Waals surface area contributed by atoms with Crippen LogP contribution in [0.15, 0.2) is 18.6 Å². The van der Waals surface area contributed by atoms with Crippen LogP contribution in [0.5, 0.6) is 0 Å². The number of piperidine rings is 1. The first-order chi connectivity index (χ1) is 12.2. The molecule has 0 unspecified atom stereocenters. The number of H-pyrrole nitrogens is 1. The zero-order valence-corrected chi connectivity index (χ0v) is 14.8. The van der Waals surface area contributed by atoms with E-state index in [0.717, 1.165) is 69.0 Å². The Morgan fingerprint density at radius 1 is 1.16 bits per heavy atom. The third-order valence-corrected chi connectivity index (χ3v) is 5.55. The fourth-order valence-electron chi connectivity index (χ4n) is 3.87. The van der Waals surface area contributed by atoms with Crippen LogP contribution in [-0.2, 0) is 4.79 Å². The summed E-state index contributed by atoms with van der Waals surface area (Å²) in [5.41, 5.74) is 1.96. The molecule has 1 N–H and O–H groups in total. The standard InChI is InChI=1S/C18H26N6O/c1-22-8-10-23(11-9-22)16(25)12-14-3-6-24(7-4-14)18-17-15(2-5-19-18)20-13-21-17/h2,5,13-14H,3-4,6-12H2,1H3,(H,20,21). The maximum absolute atomic E-state index is 12.5. The summed E-state index contributed by atoms with van der Waals surface area (Å²) >= 11 is 0. The van der Waals surface area contributed by atoms with Crippen molar-refractivity contribution in [1.82, 2.24) is 24.8 Å². The van der Waals surface area contributed by atoms with Gasteiger partial charge in [0.1, 0.15) is 5.52 Å². The average molecular weight is 342 g/mol. The number of amides is 1. The van der Waals surface area contributed by atoms with Crippen molar-refractivity contribution < 1.29 is 4.79 Å². The van der Waals surface area contributed by atoms with Crippen LogP contribution in [-0.4, -0.2) is 77.0 Å². The number of piperazine rings is 1. The Hall–Kier alpha value is -2.15. The Morgan fingerprint density at radius 3 is 2.68 bits per heavy atom. The summed E-state index contributed by atoms with van der Waals surface area (Å²) in [5.74, 6) is 1.78. The lowest BCUT2D eigenvalue weighted by atomic mass is 9.92. The van der Waals surface area contributed by atoms with Gasteiger partial charge in [-0.2, -0.15) is 0 Å². The van der Waals surface area contributed by atoms with Crippen molar-refractivity contribution >= 4 is 22.8 Å². The van der Waals surface area contributed by atoms with Gasteiger partial charge < -0.3 is 19.7 Å². The monoisotopic (exact) mass is 342 g/mol. The van der Waals surface area contributed by atoms with Gasteiger partial charge >= 0.3 is 0 Å². The van der Waals surface area contributed by atoms with Crippen molar-refractivity contribution in [3.05, 3.63) is 18.6 Å². The molecule has 0 aliphatic carbocycles. The SMILES string of the molecule is CN1CCN(C(=O)CC2CCN(c3nccc4[nH]cnc34)CC2)CC1. The molecule has 2 aliphatic rings. The van der Waals surface area contributed by atoms with Gasteiger partial charge in [-0.1, -0.05) is 0 Å². The second kappa shape index (κ2) is 7.00. The van der Waals surface area contributed by atoms with E-state index in [0.29, 0.717) is 18.2 Å². The van der Waals surface area contributed by atoms with Crippen molar-refractivity contribution in [1.29, 1.82) is 0 Å². The van der Waals surface area contributed by atoms with Gasteiger partial charge in [-0.05, 0) is 31.9 Å².